The van der Waals surface area contributed by atoms with Crippen LogP contribution in [0.2, 0.25) is 0 Å². The predicted octanol–water partition coefficient (Wildman–Crippen LogP) is 3.49. The van der Waals surface area contributed by atoms with Gasteiger partial charge >= 0.3 is 0 Å². The van der Waals surface area contributed by atoms with Crippen LogP contribution >= 0.6 is 11.3 Å². The fraction of sp³-hybridized carbons (Fsp3) is 0.444. The van der Waals surface area contributed by atoms with Gasteiger partial charge in [0.25, 0.3) is 5.91 Å². The Labute approximate surface area is 140 Å². The van der Waals surface area contributed by atoms with Crippen LogP contribution in [0, 0.1) is 6.92 Å². The van der Waals surface area contributed by atoms with E-state index >= 15 is 0 Å². The highest BCUT2D eigenvalue weighted by Crippen LogP contribution is 2.30. The molecule has 23 heavy (non-hydrogen) atoms. The van der Waals surface area contributed by atoms with Crippen LogP contribution in [0.1, 0.15) is 42.7 Å². The molecule has 0 saturated carbocycles. The van der Waals surface area contributed by atoms with Crippen molar-refractivity contribution in [2.45, 2.75) is 45.3 Å². The molecule has 1 fully saturated rings. The topological polar surface area (TPSA) is 53.4 Å². The third-order valence-electron chi connectivity index (χ3n) is 4.43. The van der Waals surface area contributed by atoms with Crippen molar-refractivity contribution < 1.29 is 9.90 Å². The van der Waals surface area contributed by atoms with Gasteiger partial charge in [0.05, 0.1) is 11.6 Å². The number of hydrogen-bond donors (Lipinski definition) is 1. The number of aryl methyl sites for hydroxylation is 1. The number of carbonyl (C=O) groups is 1. The number of rotatable bonds is 3. The fourth-order valence-corrected chi connectivity index (χ4v) is 4.08. The SMILES string of the molecule is Cc1ccccc1-c1nc(C(=O)N2CCCC2C(C)(C)O)cs1. The van der Waals surface area contributed by atoms with Gasteiger partial charge in [0.15, 0.2) is 0 Å². The van der Waals surface area contributed by atoms with Crippen molar-refractivity contribution in [3.63, 3.8) is 0 Å². The van der Waals surface area contributed by atoms with Gasteiger partial charge in [-0.3, -0.25) is 4.79 Å². The van der Waals surface area contributed by atoms with Crippen molar-refractivity contribution in [1.29, 1.82) is 0 Å². The summed E-state index contributed by atoms with van der Waals surface area (Å²) in [4.78, 5) is 19.1. The molecule has 1 aromatic heterocycles. The average Bonchev–Trinajstić information content (AvgIpc) is 3.16. The third kappa shape index (κ3) is 3.16. The van der Waals surface area contributed by atoms with Crippen molar-refractivity contribution in [1.82, 2.24) is 9.88 Å². The summed E-state index contributed by atoms with van der Waals surface area (Å²) in [5, 5.41) is 13.0. The molecule has 2 heterocycles. The van der Waals surface area contributed by atoms with Crippen LogP contribution in [0.3, 0.4) is 0 Å². The van der Waals surface area contributed by atoms with Gasteiger partial charge < -0.3 is 10.0 Å². The summed E-state index contributed by atoms with van der Waals surface area (Å²) in [6.45, 7) is 6.26. The zero-order chi connectivity index (χ0) is 16.6. The number of likely N-dealkylation sites (tertiary alicyclic amines) is 1. The predicted molar refractivity (Wildman–Crippen MR) is 92.6 cm³/mol. The molecule has 1 N–H and O–H groups in total. The molecular formula is C18H22N2O2S. The zero-order valence-corrected chi connectivity index (χ0v) is 14.6. The zero-order valence-electron chi connectivity index (χ0n) is 13.7. The molecule has 1 aliphatic heterocycles. The van der Waals surface area contributed by atoms with Crippen molar-refractivity contribution in [2.75, 3.05) is 6.54 Å². The molecule has 3 rings (SSSR count). The van der Waals surface area contributed by atoms with Crippen molar-refractivity contribution in [3.05, 3.63) is 40.9 Å². The second-order valence-electron chi connectivity index (χ2n) is 6.66. The number of aliphatic hydroxyl groups is 1. The standard InChI is InChI=1S/C18H22N2O2S/c1-12-7-4-5-8-13(12)16-19-14(11-23-16)17(21)20-10-6-9-15(20)18(2,3)22/h4-5,7-8,11,15,22H,6,9-10H2,1-3H3. The number of nitrogens with zero attached hydrogens (tertiary/aromatic N) is 2. The molecule has 1 unspecified atom stereocenters. The lowest BCUT2D eigenvalue weighted by atomic mass is 9.96. The first-order chi connectivity index (χ1) is 10.9. The van der Waals surface area contributed by atoms with E-state index in [9.17, 15) is 9.90 Å². The fourth-order valence-electron chi connectivity index (χ4n) is 3.20. The molecule has 1 atom stereocenters. The molecular weight excluding hydrogens is 308 g/mol. The molecule has 2 aromatic rings. The molecule has 0 aliphatic carbocycles. The van der Waals surface area contributed by atoms with Crippen molar-refractivity contribution in [3.8, 4) is 10.6 Å². The first kappa shape index (κ1) is 16.1. The van der Waals surface area contributed by atoms with Gasteiger partial charge in [0.1, 0.15) is 10.7 Å². The largest absolute Gasteiger partial charge is 0.388 e. The minimum absolute atomic E-state index is 0.0780. The molecule has 1 amide bonds. The highest BCUT2D eigenvalue weighted by Gasteiger charge is 2.39. The number of hydrogen-bond acceptors (Lipinski definition) is 4. The Morgan fingerprint density at radius 2 is 2.13 bits per heavy atom. The maximum Gasteiger partial charge on any atom is 0.273 e. The van der Waals surface area contributed by atoms with Crippen molar-refractivity contribution >= 4 is 17.2 Å². The second-order valence-corrected chi connectivity index (χ2v) is 7.52. The van der Waals surface area contributed by atoms with Crippen LogP contribution in [-0.2, 0) is 0 Å². The van der Waals surface area contributed by atoms with Crippen molar-refractivity contribution in [2.24, 2.45) is 0 Å². The lowest BCUT2D eigenvalue weighted by Crippen LogP contribution is -2.48. The Bertz CT molecular complexity index is 718. The number of aromatic nitrogens is 1. The van der Waals surface area contributed by atoms with E-state index in [-0.39, 0.29) is 11.9 Å². The van der Waals surface area contributed by atoms with Gasteiger partial charge in [0, 0.05) is 17.5 Å². The van der Waals surface area contributed by atoms with Crippen LogP contribution in [-0.4, -0.2) is 39.1 Å². The van der Waals surface area contributed by atoms with E-state index in [0.717, 1.165) is 29.0 Å². The smallest absolute Gasteiger partial charge is 0.273 e. The number of carbonyl (C=O) groups excluding carboxylic acids is 1. The molecule has 1 aromatic carbocycles. The maximum absolute atomic E-state index is 12.8. The van der Waals surface area contributed by atoms with Gasteiger partial charge in [-0.25, -0.2) is 4.98 Å². The van der Waals surface area contributed by atoms with Crippen LogP contribution in [0.4, 0.5) is 0 Å². The van der Waals surface area contributed by atoms with Gasteiger partial charge in [-0.15, -0.1) is 11.3 Å². The lowest BCUT2D eigenvalue weighted by Gasteiger charge is -2.33. The summed E-state index contributed by atoms with van der Waals surface area (Å²) in [5.41, 5.74) is 1.80. The Balaban J connectivity index is 1.86. The van der Waals surface area contributed by atoms with E-state index < -0.39 is 5.60 Å². The first-order valence-electron chi connectivity index (χ1n) is 7.93. The molecule has 1 saturated heterocycles. The number of benzene rings is 1. The Morgan fingerprint density at radius 3 is 2.83 bits per heavy atom. The summed E-state index contributed by atoms with van der Waals surface area (Å²) in [6, 6.07) is 7.91. The summed E-state index contributed by atoms with van der Waals surface area (Å²) < 4.78 is 0. The Hall–Kier alpha value is -1.72. The third-order valence-corrected chi connectivity index (χ3v) is 5.30. The highest BCUT2D eigenvalue weighted by molar-refractivity contribution is 7.13. The van der Waals surface area contributed by atoms with E-state index in [1.165, 1.54) is 11.3 Å². The lowest BCUT2D eigenvalue weighted by molar-refractivity contribution is 0.000154. The minimum atomic E-state index is -0.888. The summed E-state index contributed by atoms with van der Waals surface area (Å²) in [7, 11) is 0. The molecule has 0 spiro atoms. The summed E-state index contributed by atoms with van der Waals surface area (Å²) in [5.74, 6) is -0.0780. The molecule has 4 nitrogen and oxygen atoms in total. The normalized spacial score (nSPS) is 18.4. The van der Waals surface area contributed by atoms with E-state index in [2.05, 4.69) is 4.98 Å². The number of thiazole rings is 1. The van der Waals surface area contributed by atoms with Gasteiger partial charge in [-0.2, -0.15) is 0 Å². The first-order valence-corrected chi connectivity index (χ1v) is 8.81. The van der Waals surface area contributed by atoms with Crippen LogP contribution < -0.4 is 0 Å². The Kier molecular flexibility index (Phi) is 4.25. The van der Waals surface area contributed by atoms with E-state index in [1.54, 1.807) is 18.7 Å². The quantitative estimate of drug-likeness (QED) is 0.937. The molecule has 0 radical (unpaired) electrons. The second kappa shape index (κ2) is 6.06. The Morgan fingerprint density at radius 1 is 1.39 bits per heavy atom. The highest BCUT2D eigenvalue weighted by atomic mass is 32.1. The molecule has 122 valence electrons. The average molecular weight is 330 g/mol. The van der Waals surface area contributed by atoms with Crippen LogP contribution in [0.5, 0.6) is 0 Å². The van der Waals surface area contributed by atoms with Gasteiger partial charge in [0.2, 0.25) is 0 Å². The van der Waals surface area contributed by atoms with E-state index in [4.69, 9.17) is 0 Å². The summed E-state index contributed by atoms with van der Waals surface area (Å²) >= 11 is 1.49. The van der Waals surface area contributed by atoms with E-state index in [0.29, 0.717) is 12.2 Å². The number of amides is 1. The molecule has 1 aliphatic rings. The minimum Gasteiger partial charge on any atom is -0.388 e. The van der Waals surface area contributed by atoms with Crippen LogP contribution in [0.25, 0.3) is 10.6 Å². The maximum atomic E-state index is 12.8. The van der Waals surface area contributed by atoms with E-state index in [1.807, 2.05) is 36.6 Å². The summed E-state index contributed by atoms with van der Waals surface area (Å²) in [6.07, 6.45) is 1.76. The van der Waals surface area contributed by atoms with Crippen LogP contribution in [0.15, 0.2) is 29.6 Å². The molecule has 0 bridgehead atoms. The van der Waals surface area contributed by atoms with Gasteiger partial charge in [-0.1, -0.05) is 24.3 Å². The van der Waals surface area contributed by atoms with Gasteiger partial charge in [-0.05, 0) is 39.2 Å². The molecule has 5 heteroatoms. The monoisotopic (exact) mass is 330 g/mol.